The van der Waals surface area contributed by atoms with Crippen LogP contribution in [0.25, 0.3) is 0 Å². The molecule has 7 heteroatoms. The Bertz CT molecular complexity index is 362. The lowest BCUT2D eigenvalue weighted by molar-refractivity contribution is -0.210. The van der Waals surface area contributed by atoms with Crippen LogP contribution in [0.2, 0.25) is 5.02 Å². The summed E-state index contributed by atoms with van der Waals surface area (Å²) in [5.74, 6) is -0.813. The van der Waals surface area contributed by atoms with Gasteiger partial charge in [-0.1, -0.05) is 11.6 Å². The number of alkyl halides is 3. The summed E-state index contributed by atoms with van der Waals surface area (Å²) in [6, 6.07) is 1.03. The van der Waals surface area contributed by atoms with Crippen LogP contribution in [-0.2, 0) is 0 Å². The smallest absolute Gasteiger partial charge is 0.382 e. The van der Waals surface area contributed by atoms with Crippen molar-refractivity contribution in [2.45, 2.75) is 18.3 Å². The molecule has 0 aliphatic heterocycles. The number of rotatable bonds is 2. The van der Waals surface area contributed by atoms with Gasteiger partial charge in [-0.2, -0.15) is 13.2 Å². The van der Waals surface area contributed by atoms with E-state index >= 15 is 0 Å². The third kappa shape index (κ3) is 3.07. The molecule has 0 aliphatic carbocycles. The van der Waals surface area contributed by atoms with Gasteiger partial charge in [-0.15, -0.1) is 0 Å². The average Bonchev–Trinajstić information content (AvgIpc) is 2.12. The second-order valence-electron chi connectivity index (χ2n) is 3.22. The first kappa shape index (κ1) is 13.2. The minimum absolute atomic E-state index is 0.0835. The van der Waals surface area contributed by atoms with Gasteiger partial charge in [-0.3, -0.25) is 0 Å². The number of halogens is 5. The molecule has 0 saturated heterocycles. The molecule has 0 spiro atoms. The Kier molecular flexibility index (Phi) is 3.77. The van der Waals surface area contributed by atoms with Gasteiger partial charge in [0.2, 0.25) is 0 Å². The average molecular weight is 258 g/mol. The van der Waals surface area contributed by atoms with Crippen LogP contribution in [0.5, 0.6) is 0 Å². The SMILES string of the molecule is N[C@H](c1cc(F)cc(Cl)c1)[C@@H](O)C(F)(F)F. The summed E-state index contributed by atoms with van der Waals surface area (Å²) < 4.78 is 49.2. The summed E-state index contributed by atoms with van der Waals surface area (Å²) in [5, 5.41) is 8.79. The van der Waals surface area contributed by atoms with Crippen LogP contribution in [0.4, 0.5) is 17.6 Å². The van der Waals surface area contributed by atoms with E-state index in [9.17, 15) is 17.6 Å². The molecule has 0 saturated carbocycles. The minimum Gasteiger partial charge on any atom is -0.382 e. The molecule has 1 rings (SSSR count). The lowest BCUT2D eigenvalue weighted by Crippen LogP contribution is -2.38. The zero-order valence-electron chi connectivity index (χ0n) is 7.80. The molecule has 2 atom stereocenters. The third-order valence-electron chi connectivity index (χ3n) is 1.95. The number of aliphatic hydroxyl groups excluding tert-OH is 1. The maximum atomic E-state index is 12.8. The molecule has 0 bridgehead atoms. The molecule has 1 aromatic rings. The molecular weight excluding hydrogens is 250 g/mol. The number of aliphatic hydroxyl groups is 1. The molecule has 0 amide bonds. The van der Waals surface area contributed by atoms with Crippen LogP contribution >= 0.6 is 11.6 Å². The van der Waals surface area contributed by atoms with Crippen molar-refractivity contribution in [2.24, 2.45) is 5.73 Å². The van der Waals surface area contributed by atoms with Crippen molar-refractivity contribution in [2.75, 3.05) is 0 Å². The maximum absolute atomic E-state index is 12.8. The van der Waals surface area contributed by atoms with Gasteiger partial charge < -0.3 is 10.8 Å². The van der Waals surface area contributed by atoms with Gasteiger partial charge >= 0.3 is 6.18 Å². The molecule has 16 heavy (non-hydrogen) atoms. The van der Waals surface area contributed by atoms with E-state index in [0.29, 0.717) is 0 Å². The molecule has 0 heterocycles. The van der Waals surface area contributed by atoms with Crippen LogP contribution in [0.1, 0.15) is 11.6 Å². The van der Waals surface area contributed by atoms with E-state index in [2.05, 4.69) is 0 Å². The van der Waals surface area contributed by atoms with Crippen LogP contribution < -0.4 is 5.73 Å². The highest BCUT2D eigenvalue weighted by Crippen LogP contribution is 2.29. The molecule has 0 fully saturated rings. The van der Waals surface area contributed by atoms with E-state index in [1.54, 1.807) is 0 Å². The lowest BCUT2D eigenvalue weighted by atomic mass is 10.0. The van der Waals surface area contributed by atoms with Crippen LogP contribution in [-0.4, -0.2) is 17.4 Å². The minimum atomic E-state index is -4.86. The van der Waals surface area contributed by atoms with Crippen molar-refractivity contribution in [1.82, 2.24) is 0 Å². The molecule has 0 aromatic heterocycles. The number of hydrogen-bond acceptors (Lipinski definition) is 2. The first-order valence-corrected chi connectivity index (χ1v) is 4.56. The van der Waals surface area contributed by atoms with E-state index in [-0.39, 0.29) is 10.6 Å². The van der Waals surface area contributed by atoms with Crippen molar-refractivity contribution >= 4 is 11.6 Å². The Hall–Kier alpha value is -0.850. The van der Waals surface area contributed by atoms with E-state index in [0.717, 1.165) is 18.2 Å². The summed E-state index contributed by atoms with van der Waals surface area (Å²) in [6.07, 6.45) is -7.62. The molecular formula is C9H8ClF4NO. The Morgan fingerprint density at radius 1 is 1.25 bits per heavy atom. The van der Waals surface area contributed by atoms with Gasteiger partial charge in [-0.05, 0) is 23.8 Å². The van der Waals surface area contributed by atoms with E-state index in [1.807, 2.05) is 0 Å². The molecule has 0 unspecified atom stereocenters. The number of benzene rings is 1. The van der Waals surface area contributed by atoms with Crippen LogP contribution in [0.3, 0.4) is 0 Å². The zero-order chi connectivity index (χ0) is 12.5. The van der Waals surface area contributed by atoms with Crippen LogP contribution in [0, 0.1) is 5.82 Å². The number of nitrogens with two attached hydrogens (primary N) is 1. The van der Waals surface area contributed by atoms with Gasteiger partial charge in [0.1, 0.15) is 5.82 Å². The first-order valence-electron chi connectivity index (χ1n) is 4.18. The molecule has 3 N–H and O–H groups in total. The first-order chi connectivity index (χ1) is 7.21. The highest BCUT2D eigenvalue weighted by atomic mass is 35.5. The molecule has 1 aromatic carbocycles. The van der Waals surface area contributed by atoms with Crippen molar-refractivity contribution in [1.29, 1.82) is 0 Å². The quantitative estimate of drug-likeness (QED) is 0.799. The summed E-state index contributed by atoms with van der Waals surface area (Å²) in [7, 11) is 0. The predicted octanol–water partition coefficient (Wildman–Crippen LogP) is 2.40. The van der Waals surface area contributed by atoms with Crippen molar-refractivity contribution in [3.8, 4) is 0 Å². The van der Waals surface area contributed by atoms with Gasteiger partial charge in [0.05, 0.1) is 6.04 Å². The Balaban J connectivity index is 3.00. The van der Waals surface area contributed by atoms with Gasteiger partial charge in [0.15, 0.2) is 6.10 Å². The largest absolute Gasteiger partial charge is 0.416 e. The van der Waals surface area contributed by atoms with Crippen molar-refractivity contribution in [3.05, 3.63) is 34.6 Å². The number of hydrogen-bond donors (Lipinski definition) is 2. The Morgan fingerprint density at radius 2 is 1.81 bits per heavy atom. The van der Waals surface area contributed by atoms with E-state index in [4.69, 9.17) is 22.4 Å². The van der Waals surface area contributed by atoms with Crippen molar-refractivity contribution < 1.29 is 22.7 Å². The normalized spacial score (nSPS) is 15.9. The van der Waals surface area contributed by atoms with Gasteiger partial charge in [-0.25, -0.2) is 4.39 Å². The predicted molar refractivity (Wildman–Crippen MR) is 50.4 cm³/mol. The highest BCUT2D eigenvalue weighted by Gasteiger charge is 2.42. The second kappa shape index (κ2) is 4.57. The summed E-state index contributed by atoms with van der Waals surface area (Å²) in [6.45, 7) is 0. The van der Waals surface area contributed by atoms with E-state index in [1.165, 1.54) is 0 Å². The molecule has 0 radical (unpaired) electrons. The molecule has 90 valence electrons. The summed E-state index contributed by atoms with van der Waals surface area (Å²) >= 11 is 5.45. The third-order valence-corrected chi connectivity index (χ3v) is 2.16. The highest BCUT2D eigenvalue weighted by molar-refractivity contribution is 6.30. The fraction of sp³-hybridized carbons (Fsp3) is 0.333. The van der Waals surface area contributed by atoms with E-state index < -0.39 is 24.1 Å². The van der Waals surface area contributed by atoms with Crippen LogP contribution in [0.15, 0.2) is 18.2 Å². The second-order valence-corrected chi connectivity index (χ2v) is 3.65. The van der Waals surface area contributed by atoms with Gasteiger partial charge in [0.25, 0.3) is 0 Å². The fourth-order valence-electron chi connectivity index (χ4n) is 1.15. The molecule has 2 nitrogen and oxygen atoms in total. The fourth-order valence-corrected chi connectivity index (χ4v) is 1.38. The lowest BCUT2D eigenvalue weighted by Gasteiger charge is -2.21. The monoisotopic (exact) mass is 257 g/mol. The Morgan fingerprint density at radius 3 is 2.25 bits per heavy atom. The zero-order valence-corrected chi connectivity index (χ0v) is 8.56. The van der Waals surface area contributed by atoms with Gasteiger partial charge in [0, 0.05) is 5.02 Å². The molecule has 0 aliphatic rings. The maximum Gasteiger partial charge on any atom is 0.416 e. The summed E-state index contributed by atoms with van der Waals surface area (Å²) in [4.78, 5) is 0. The summed E-state index contributed by atoms with van der Waals surface area (Å²) in [5.41, 5.74) is 4.95. The standard InChI is InChI=1S/C9H8ClF4NO/c10-5-1-4(2-6(11)3-5)7(15)8(16)9(12,13)14/h1-3,7-8,16H,15H2/t7-,8-/m1/s1. The van der Waals surface area contributed by atoms with Crippen molar-refractivity contribution in [3.63, 3.8) is 0 Å². The topological polar surface area (TPSA) is 46.2 Å². The Labute approximate surface area is 93.6 Å².